The van der Waals surface area contributed by atoms with E-state index in [0.717, 1.165) is 11.1 Å². The molecule has 44 heavy (non-hydrogen) atoms. The number of hydrogen-bond acceptors (Lipinski definition) is 9. The van der Waals surface area contributed by atoms with Crippen LogP contribution in [0.2, 0.25) is 5.02 Å². The van der Waals surface area contributed by atoms with Crippen molar-refractivity contribution in [3.05, 3.63) is 46.5 Å². The van der Waals surface area contributed by atoms with Crippen molar-refractivity contribution in [3.8, 4) is 5.75 Å². The summed E-state index contributed by atoms with van der Waals surface area (Å²) in [5.74, 6) is -1.30. The van der Waals surface area contributed by atoms with Gasteiger partial charge in [-0.2, -0.15) is 0 Å². The molecule has 11 nitrogen and oxygen atoms in total. The molecule has 0 aliphatic carbocycles. The third-order valence-electron chi connectivity index (χ3n) is 8.68. The number of epoxide rings is 1. The molecule has 1 aromatic rings. The zero-order chi connectivity index (χ0) is 32.6. The number of nitrogens with one attached hydrogen (secondary N) is 1. The number of allylic oxidation sites excluding steroid dienone is 3. The smallest absolute Gasteiger partial charge is 0.409 e. The van der Waals surface area contributed by atoms with E-state index in [-0.39, 0.29) is 23.8 Å². The van der Waals surface area contributed by atoms with Crippen molar-refractivity contribution in [3.63, 3.8) is 0 Å². The molecule has 12 heteroatoms. The van der Waals surface area contributed by atoms with Gasteiger partial charge in [0.1, 0.15) is 34.7 Å². The highest BCUT2D eigenvalue weighted by Crippen LogP contribution is 2.49. The minimum atomic E-state index is -1.77. The Morgan fingerprint density at radius 1 is 1.25 bits per heavy atom. The first-order valence-corrected chi connectivity index (χ1v) is 15.1. The van der Waals surface area contributed by atoms with E-state index in [1.54, 1.807) is 40.0 Å². The number of carbonyl (C=O) groups excluding carboxylic acids is 3. The Bertz CT molecular complexity index is 1350. The van der Waals surface area contributed by atoms with Gasteiger partial charge in [-0.1, -0.05) is 56.2 Å². The monoisotopic (exact) mass is 634 g/mol. The first kappa shape index (κ1) is 33.8. The molecule has 2 saturated heterocycles. The summed E-state index contributed by atoms with van der Waals surface area (Å²) in [7, 11) is 4.56. The minimum Gasteiger partial charge on any atom is -0.495 e. The summed E-state index contributed by atoms with van der Waals surface area (Å²) in [5.41, 5.74) is -0.587. The van der Waals surface area contributed by atoms with Crippen molar-refractivity contribution in [1.29, 1.82) is 0 Å². The van der Waals surface area contributed by atoms with E-state index in [0.29, 0.717) is 17.9 Å². The van der Waals surface area contributed by atoms with Crippen LogP contribution in [0.4, 0.5) is 10.5 Å². The summed E-state index contributed by atoms with van der Waals surface area (Å²) in [5, 5.41) is 14.4. The first-order chi connectivity index (χ1) is 20.6. The second kappa shape index (κ2) is 13.1. The number of fused-ring (bicyclic) bond motifs is 5. The van der Waals surface area contributed by atoms with Crippen molar-refractivity contribution in [2.75, 3.05) is 26.2 Å². The highest BCUT2D eigenvalue weighted by atomic mass is 35.5. The number of rotatable bonds is 4. The summed E-state index contributed by atoms with van der Waals surface area (Å²) < 4.78 is 28.8. The van der Waals surface area contributed by atoms with Crippen molar-refractivity contribution < 1.29 is 43.2 Å². The quantitative estimate of drug-likeness (QED) is 0.366. The lowest BCUT2D eigenvalue weighted by molar-refractivity contribution is -0.157. The number of benzene rings is 1. The van der Waals surface area contributed by atoms with Gasteiger partial charge >= 0.3 is 12.1 Å². The second-order valence-corrected chi connectivity index (χ2v) is 12.8. The van der Waals surface area contributed by atoms with Gasteiger partial charge in [-0.3, -0.25) is 14.9 Å². The molecule has 2 amide bonds. The summed E-state index contributed by atoms with van der Waals surface area (Å²) in [6.45, 7) is 8.95. The zero-order valence-corrected chi connectivity index (χ0v) is 27.3. The van der Waals surface area contributed by atoms with Gasteiger partial charge in [0.05, 0.1) is 31.2 Å². The first-order valence-electron chi connectivity index (χ1n) is 14.7. The Kier molecular flexibility index (Phi) is 10.0. The molecular weight excluding hydrogens is 592 g/mol. The van der Waals surface area contributed by atoms with Crippen molar-refractivity contribution >= 4 is 35.3 Å². The number of alkyl carbamates (subject to hydrolysis) is 1. The summed E-state index contributed by atoms with van der Waals surface area (Å²) in [6, 6.07) is 3.63. The molecule has 3 aliphatic rings. The molecule has 2 fully saturated rings. The van der Waals surface area contributed by atoms with Crippen LogP contribution in [0, 0.1) is 11.8 Å². The maximum absolute atomic E-state index is 13.8. The lowest BCUT2D eigenvalue weighted by Crippen LogP contribution is -2.63. The number of anilines is 1. The summed E-state index contributed by atoms with van der Waals surface area (Å²) in [6.07, 6.45) is 1.65. The van der Waals surface area contributed by atoms with Crippen molar-refractivity contribution in [2.24, 2.45) is 11.8 Å². The average Bonchev–Trinajstić information content (AvgIpc) is 3.66. The van der Waals surface area contributed by atoms with Gasteiger partial charge < -0.3 is 33.7 Å². The number of nitrogens with zero attached hydrogens (tertiary/aromatic N) is 1. The topological polar surface area (TPSA) is 136 Å². The highest BCUT2D eigenvalue weighted by Gasteiger charge is 2.64. The molecule has 4 bridgehead atoms. The summed E-state index contributed by atoms with van der Waals surface area (Å²) in [4.78, 5) is 40.7. The molecule has 7 atom stereocenters. The fourth-order valence-electron chi connectivity index (χ4n) is 5.88. The van der Waals surface area contributed by atoms with Gasteiger partial charge in [0.2, 0.25) is 5.91 Å². The van der Waals surface area contributed by atoms with Crippen LogP contribution in [0.3, 0.4) is 0 Å². The lowest BCUT2D eigenvalue weighted by atomic mass is 9.83. The number of methoxy groups -OCH3 is 2. The normalized spacial score (nSPS) is 34.7. The Morgan fingerprint density at radius 2 is 1.95 bits per heavy atom. The highest BCUT2D eigenvalue weighted by molar-refractivity contribution is 6.35. The SMILES string of the molecule is COc1cc2cc(c1Cl)N(C)C(=O)C[C@H](OC(=O)C(C)C)[C@]1(C)O[C@H]1[C@@H](C)[C@@H]1C[C@@](O)(NC(=O)O1)[C@H](OC)/C=C\C=C(\C)C2. The van der Waals surface area contributed by atoms with Gasteiger partial charge in [0, 0.05) is 26.5 Å². The van der Waals surface area contributed by atoms with Gasteiger partial charge in [-0.15, -0.1) is 0 Å². The molecule has 0 unspecified atom stereocenters. The predicted octanol–water partition coefficient (Wildman–Crippen LogP) is 4.32. The van der Waals surface area contributed by atoms with Crippen LogP contribution in [-0.2, 0) is 35.0 Å². The minimum absolute atomic E-state index is 0.00361. The molecule has 242 valence electrons. The fraction of sp³-hybridized carbons (Fsp3) is 0.594. The van der Waals surface area contributed by atoms with E-state index in [9.17, 15) is 19.5 Å². The average molecular weight is 635 g/mol. The number of carbonyl (C=O) groups is 3. The van der Waals surface area contributed by atoms with Crippen molar-refractivity contribution in [2.45, 2.75) is 89.6 Å². The predicted molar refractivity (Wildman–Crippen MR) is 164 cm³/mol. The maximum atomic E-state index is 13.8. The number of hydrogen-bond donors (Lipinski definition) is 2. The maximum Gasteiger partial charge on any atom is 0.409 e. The fourth-order valence-corrected chi connectivity index (χ4v) is 6.19. The number of aliphatic hydroxyl groups is 1. The molecule has 4 rings (SSSR count). The molecule has 2 N–H and O–H groups in total. The molecule has 3 heterocycles. The lowest BCUT2D eigenvalue weighted by Gasteiger charge is -2.42. The molecule has 1 aromatic carbocycles. The van der Waals surface area contributed by atoms with Gasteiger partial charge in [0.25, 0.3) is 0 Å². The number of esters is 1. The van der Waals surface area contributed by atoms with Crippen LogP contribution < -0.4 is 15.0 Å². The number of ether oxygens (including phenoxy) is 5. The van der Waals surface area contributed by atoms with Crippen LogP contribution in [0.5, 0.6) is 5.75 Å². The van der Waals surface area contributed by atoms with Crippen LogP contribution in [0.1, 0.15) is 53.0 Å². The van der Waals surface area contributed by atoms with Crippen LogP contribution in [-0.4, -0.2) is 80.1 Å². The van der Waals surface area contributed by atoms with Gasteiger partial charge in [-0.05, 0) is 38.0 Å². The van der Waals surface area contributed by atoms with Crippen LogP contribution in [0.25, 0.3) is 0 Å². The Balaban J connectivity index is 1.80. The molecule has 3 aliphatic heterocycles. The van der Waals surface area contributed by atoms with E-state index in [1.807, 2.05) is 32.1 Å². The molecule has 0 saturated carbocycles. The molecule has 0 aromatic heterocycles. The van der Waals surface area contributed by atoms with Gasteiger partial charge in [-0.25, -0.2) is 4.79 Å². The molecule has 0 radical (unpaired) electrons. The van der Waals surface area contributed by atoms with Crippen LogP contribution >= 0.6 is 11.6 Å². The molecule has 0 spiro atoms. The third kappa shape index (κ3) is 6.91. The van der Waals surface area contributed by atoms with Crippen molar-refractivity contribution in [1.82, 2.24) is 5.32 Å². The number of amides is 2. The Labute approximate surface area is 263 Å². The third-order valence-corrected chi connectivity index (χ3v) is 9.06. The standard InChI is InChI=1S/C32H43ClN2O9/c1-17(2)29(37)43-25-15-26(36)35(6)21-13-20(14-22(40-7)27(21)33)12-18(3)10-9-11-24(41-8)32(39)16-23(42-30(38)34-32)19(4)28-31(25,5)44-28/h9-11,13-14,17,19,23-25,28,39H,12,15-16H2,1-8H3,(H,34,38)/b11-9-,18-10-/t19-,23-,24+,25-,28-,31-,32-/m0/s1. The molecular formula is C32H43ClN2O9. The van der Waals surface area contributed by atoms with E-state index in [1.165, 1.54) is 19.1 Å². The number of halogens is 1. The Morgan fingerprint density at radius 3 is 2.59 bits per heavy atom. The van der Waals surface area contributed by atoms with Gasteiger partial charge in [0.15, 0.2) is 5.72 Å². The largest absolute Gasteiger partial charge is 0.495 e. The Hall–Kier alpha value is -3.12. The second-order valence-electron chi connectivity index (χ2n) is 12.4. The van der Waals surface area contributed by atoms with Crippen LogP contribution in [0.15, 0.2) is 35.9 Å². The van der Waals surface area contributed by atoms with E-state index in [2.05, 4.69) is 5.32 Å². The van der Waals surface area contributed by atoms with E-state index in [4.69, 9.17) is 35.3 Å². The van der Waals surface area contributed by atoms with E-state index >= 15 is 0 Å². The van der Waals surface area contributed by atoms with E-state index < -0.39 is 59.6 Å². The zero-order valence-electron chi connectivity index (χ0n) is 26.5. The summed E-state index contributed by atoms with van der Waals surface area (Å²) >= 11 is 6.68.